The summed E-state index contributed by atoms with van der Waals surface area (Å²) in [6.45, 7) is 5.99. The normalized spacial score (nSPS) is 16.4. The maximum Gasteiger partial charge on any atom is 0.303 e. The van der Waals surface area contributed by atoms with Gasteiger partial charge in [0.15, 0.2) is 11.6 Å². The number of hydrogen-bond acceptors (Lipinski definition) is 4. The van der Waals surface area contributed by atoms with Gasteiger partial charge in [-0.2, -0.15) is 0 Å². The highest BCUT2D eigenvalue weighted by molar-refractivity contribution is 6.03. The van der Waals surface area contributed by atoms with Crippen molar-refractivity contribution in [3.05, 3.63) is 23.3 Å². The smallest absolute Gasteiger partial charge is 0.303 e. The van der Waals surface area contributed by atoms with Crippen molar-refractivity contribution in [2.24, 2.45) is 5.41 Å². The van der Waals surface area contributed by atoms with E-state index in [2.05, 4.69) is 6.92 Å². The Kier molecular flexibility index (Phi) is 9.64. The number of aliphatic hydroxyl groups excluding tert-OH is 1. The molecule has 0 aromatic rings. The molecule has 5 nitrogen and oxygen atoms in total. The molecule has 0 amide bonds. The van der Waals surface area contributed by atoms with Crippen LogP contribution in [0.25, 0.3) is 0 Å². The highest BCUT2D eigenvalue weighted by Gasteiger charge is 2.26. The highest BCUT2D eigenvalue weighted by atomic mass is 16.4. The first kappa shape index (κ1) is 23.3. The number of aliphatic hydroxyl groups is 1. The van der Waals surface area contributed by atoms with Crippen molar-refractivity contribution in [3.8, 4) is 0 Å². The van der Waals surface area contributed by atoms with E-state index >= 15 is 0 Å². The van der Waals surface area contributed by atoms with Crippen LogP contribution in [-0.2, 0) is 14.4 Å². The zero-order valence-electron chi connectivity index (χ0n) is 16.9. The van der Waals surface area contributed by atoms with Crippen LogP contribution in [0.15, 0.2) is 23.3 Å². The Balaban J connectivity index is 2.63. The number of allylic oxidation sites excluding steroid dienone is 4. The first-order valence-electron chi connectivity index (χ1n) is 10.0. The number of aliphatic carboxylic acids is 1. The highest BCUT2D eigenvalue weighted by Crippen LogP contribution is 2.30. The fourth-order valence-electron chi connectivity index (χ4n) is 3.31. The molecule has 0 aromatic carbocycles. The molecule has 152 valence electrons. The molecule has 0 fully saturated rings. The van der Waals surface area contributed by atoms with E-state index in [1.54, 1.807) is 12.2 Å². The van der Waals surface area contributed by atoms with E-state index in [1.807, 2.05) is 13.8 Å². The molecule has 27 heavy (non-hydrogen) atoms. The molecule has 0 spiro atoms. The van der Waals surface area contributed by atoms with Crippen LogP contribution in [0.2, 0.25) is 0 Å². The predicted octanol–water partition coefficient (Wildman–Crippen LogP) is 4.38. The van der Waals surface area contributed by atoms with E-state index in [1.165, 1.54) is 0 Å². The van der Waals surface area contributed by atoms with E-state index in [0.29, 0.717) is 37.7 Å². The Hall–Kier alpha value is -1.75. The standard InChI is InChI=1S/C22H34O5/c1-4-5-15-22(2,3)20(25)13-11-18-16(9-12-19(18)24)7-6-8-17(23)10-14-21(26)27/h11,13,17,23H,4-10,12,14-15H2,1-3H3,(H,26,27)/b13-11+. The van der Waals surface area contributed by atoms with Gasteiger partial charge in [-0.05, 0) is 50.7 Å². The molecule has 1 atom stereocenters. The fraction of sp³-hybridized carbons (Fsp3) is 0.682. The average molecular weight is 379 g/mol. The van der Waals surface area contributed by atoms with E-state index < -0.39 is 17.5 Å². The molecule has 0 aliphatic heterocycles. The third-order valence-corrected chi connectivity index (χ3v) is 5.27. The maximum absolute atomic E-state index is 12.5. The van der Waals surface area contributed by atoms with Gasteiger partial charge in [0.05, 0.1) is 6.10 Å². The molecule has 2 N–H and O–H groups in total. The topological polar surface area (TPSA) is 91.7 Å². The van der Waals surface area contributed by atoms with Crippen molar-refractivity contribution in [2.45, 2.75) is 91.1 Å². The lowest BCUT2D eigenvalue weighted by molar-refractivity contribution is -0.137. The van der Waals surface area contributed by atoms with Gasteiger partial charge in [0.25, 0.3) is 0 Å². The largest absolute Gasteiger partial charge is 0.481 e. The van der Waals surface area contributed by atoms with Crippen LogP contribution in [0.1, 0.15) is 85.0 Å². The quantitative estimate of drug-likeness (QED) is 0.464. The minimum Gasteiger partial charge on any atom is -0.481 e. The minimum absolute atomic E-state index is 0.0355. The Bertz CT molecular complexity index is 598. The molecule has 0 bridgehead atoms. The number of ketones is 2. The van der Waals surface area contributed by atoms with E-state index in [-0.39, 0.29) is 24.4 Å². The lowest BCUT2D eigenvalue weighted by Crippen LogP contribution is -2.22. The van der Waals surface area contributed by atoms with E-state index in [9.17, 15) is 19.5 Å². The number of Topliss-reactive ketones (excluding diaryl/α,β-unsaturated/α-hetero) is 1. The molecule has 0 aromatic heterocycles. The van der Waals surface area contributed by atoms with Gasteiger partial charge in [-0.25, -0.2) is 0 Å². The van der Waals surface area contributed by atoms with Crippen molar-refractivity contribution >= 4 is 17.5 Å². The van der Waals surface area contributed by atoms with Crippen LogP contribution >= 0.6 is 0 Å². The monoisotopic (exact) mass is 378 g/mol. The molecular weight excluding hydrogens is 344 g/mol. The first-order chi connectivity index (χ1) is 12.7. The Morgan fingerprint density at radius 2 is 1.89 bits per heavy atom. The second-order valence-corrected chi connectivity index (χ2v) is 8.10. The molecule has 1 rings (SSSR count). The fourth-order valence-corrected chi connectivity index (χ4v) is 3.31. The van der Waals surface area contributed by atoms with Crippen molar-refractivity contribution < 1.29 is 24.6 Å². The molecule has 5 heteroatoms. The lowest BCUT2D eigenvalue weighted by Gasteiger charge is -2.20. The number of hydrogen-bond donors (Lipinski definition) is 2. The number of unbranched alkanes of at least 4 members (excludes halogenated alkanes) is 1. The van der Waals surface area contributed by atoms with Crippen molar-refractivity contribution in [2.75, 3.05) is 0 Å². The number of carbonyl (C=O) groups excluding carboxylic acids is 2. The predicted molar refractivity (Wildman–Crippen MR) is 105 cm³/mol. The molecule has 1 aliphatic rings. The van der Waals surface area contributed by atoms with Gasteiger partial charge < -0.3 is 10.2 Å². The van der Waals surface area contributed by atoms with Crippen molar-refractivity contribution in [3.63, 3.8) is 0 Å². The van der Waals surface area contributed by atoms with Crippen molar-refractivity contribution in [1.29, 1.82) is 0 Å². The van der Waals surface area contributed by atoms with Crippen LogP contribution in [0.4, 0.5) is 0 Å². The van der Waals surface area contributed by atoms with Crippen LogP contribution < -0.4 is 0 Å². The van der Waals surface area contributed by atoms with Gasteiger partial charge in [0.2, 0.25) is 0 Å². The molecule has 1 aliphatic carbocycles. The SMILES string of the molecule is CCCCC(C)(C)C(=O)/C=C/C1=C(CCCC(O)CCC(=O)O)CCC1=O. The molecule has 0 saturated heterocycles. The molecule has 0 saturated carbocycles. The summed E-state index contributed by atoms with van der Waals surface area (Å²) in [4.78, 5) is 35.2. The van der Waals surface area contributed by atoms with Gasteiger partial charge in [-0.1, -0.05) is 39.2 Å². The Morgan fingerprint density at radius 3 is 2.52 bits per heavy atom. The summed E-state index contributed by atoms with van der Waals surface area (Å²) < 4.78 is 0. The summed E-state index contributed by atoms with van der Waals surface area (Å²) >= 11 is 0. The maximum atomic E-state index is 12.5. The number of carboxylic acids is 1. The summed E-state index contributed by atoms with van der Waals surface area (Å²) in [6, 6.07) is 0. The van der Waals surface area contributed by atoms with Gasteiger partial charge in [0.1, 0.15) is 0 Å². The average Bonchev–Trinajstić information content (AvgIpc) is 2.95. The van der Waals surface area contributed by atoms with Gasteiger partial charge in [0, 0.05) is 23.8 Å². The third kappa shape index (κ3) is 8.21. The van der Waals surface area contributed by atoms with Crippen LogP contribution in [0.3, 0.4) is 0 Å². The number of carboxylic acid groups (broad SMARTS) is 1. The summed E-state index contributed by atoms with van der Waals surface area (Å²) in [6.07, 6.45) is 8.81. The summed E-state index contributed by atoms with van der Waals surface area (Å²) in [5, 5.41) is 18.5. The van der Waals surface area contributed by atoms with Crippen LogP contribution in [0, 0.1) is 5.41 Å². The minimum atomic E-state index is -0.905. The van der Waals surface area contributed by atoms with Gasteiger partial charge >= 0.3 is 5.97 Å². The zero-order chi connectivity index (χ0) is 20.4. The summed E-state index contributed by atoms with van der Waals surface area (Å²) in [5.41, 5.74) is 1.28. The molecular formula is C22H34O5. The lowest BCUT2D eigenvalue weighted by atomic mass is 9.82. The molecule has 1 unspecified atom stereocenters. The second-order valence-electron chi connectivity index (χ2n) is 8.10. The van der Waals surface area contributed by atoms with Crippen LogP contribution in [0.5, 0.6) is 0 Å². The molecule has 0 radical (unpaired) electrons. The van der Waals surface area contributed by atoms with Crippen LogP contribution in [-0.4, -0.2) is 33.9 Å². The molecule has 0 heterocycles. The van der Waals surface area contributed by atoms with Gasteiger partial charge in [-0.15, -0.1) is 0 Å². The van der Waals surface area contributed by atoms with Crippen molar-refractivity contribution in [1.82, 2.24) is 0 Å². The second kappa shape index (κ2) is 11.2. The first-order valence-corrected chi connectivity index (χ1v) is 10.0. The van der Waals surface area contributed by atoms with E-state index in [0.717, 1.165) is 24.8 Å². The summed E-state index contributed by atoms with van der Waals surface area (Å²) in [7, 11) is 0. The Morgan fingerprint density at radius 1 is 1.19 bits per heavy atom. The summed E-state index contributed by atoms with van der Waals surface area (Å²) in [5.74, 6) is -0.782. The third-order valence-electron chi connectivity index (χ3n) is 5.27. The van der Waals surface area contributed by atoms with Gasteiger partial charge in [-0.3, -0.25) is 14.4 Å². The number of rotatable bonds is 13. The Labute approximate surface area is 162 Å². The number of carbonyl (C=O) groups is 3. The zero-order valence-corrected chi connectivity index (χ0v) is 16.9. The van der Waals surface area contributed by atoms with E-state index in [4.69, 9.17) is 5.11 Å².